The third kappa shape index (κ3) is 4.88. The highest BCUT2D eigenvalue weighted by atomic mass is 35.5. The van der Waals surface area contributed by atoms with E-state index in [1.165, 1.54) is 22.9 Å². The Balaban J connectivity index is 1.35. The molecule has 170 valence electrons. The third-order valence-corrected chi connectivity index (χ3v) is 5.75. The minimum atomic E-state index is -0.643. The number of hydrogen-bond acceptors (Lipinski definition) is 5. The second kappa shape index (κ2) is 9.83. The molecule has 8 nitrogen and oxygen atoms in total. The summed E-state index contributed by atoms with van der Waals surface area (Å²) in [7, 11) is 0. The Morgan fingerprint density at radius 2 is 1.67 bits per heavy atom. The van der Waals surface area contributed by atoms with Crippen LogP contribution in [-0.2, 0) is 4.79 Å². The number of carbonyl (C=O) groups excluding carboxylic acids is 2. The molecule has 4 rings (SSSR count). The number of nitrogens with zero attached hydrogens (tertiary/aromatic N) is 4. The summed E-state index contributed by atoms with van der Waals surface area (Å²) in [4.78, 5) is 40.8. The Bertz CT molecular complexity index is 1230. The van der Waals surface area contributed by atoms with Crippen molar-refractivity contribution in [3.63, 3.8) is 0 Å². The number of piperazine rings is 1. The highest BCUT2D eigenvalue weighted by Crippen LogP contribution is 2.23. The van der Waals surface area contributed by atoms with E-state index < -0.39 is 17.3 Å². The van der Waals surface area contributed by atoms with Crippen molar-refractivity contribution in [3.8, 4) is 5.69 Å². The van der Waals surface area contributed by atoms with Gasteiger partial charge in [0.1, 0.15) is 10.8 Å². The lowest BCUT2D eigenvalue weighted by molar-refractivity contribution is -0.130. The zero-order chi connectivity index (χ0) is 23.4. The first-order valence-corrected chi connectivity index (χ1v) is 10.7. The van der Waals surface area contributed by atoms with Gasteiger partial charge in [-0.1, -0.05) is 41.9 Å². The molecule has 0 radical (unpaired) electrons. The fraction of sp³-hybridized carbons (Fsp3) is 0.217. The maximum absolute atomic E-state index is 13.7. The normalized spacial score (nSPS) is 13.6. The highest BCUT2D eigenvalue weighted by Gasteiger charge is 2.24. The molecule has 2 heterocycles. The summed E-state index contributed by atoms with van der Waals surface area (Å²) in [6, 6.07) is 14.6. The minimum Gasteiger partial charge on any atom is -0.365 e. The van der Waals surface area contributed by atoms with Gasteiger partial charge < -0.3 is 15.1 Å². The number of halogens is 2. The van der Waals surface area contributed by atoms with Crippen molar-refractivity contribution in [2.24, 2.45) is 0 Å². The number of hydrogen-bond donors (Lipinski definition) is 1. The van der Waals surface area contributed by atoms with Crippen LogP contribution >= 0.6 is 11.6 Å². The number of amides is 2. The zero-order valence-corrected chi connectivity index (χ0v) is 18.3. The third-order valence-electron chi connectivity index (χ3n) is 5.39. The molecule has 1 N–H and O–H groups in total. The van der Waals surface area contributed by atoms with Crippen molar-refractivity contribution in [2.45, 2.75) is 0 Å². The van der Waals surface area contributed by atoms with Crippen molar-refractivity contribution in [1.29, 1.82) is 0 Å². The Morgan fingerprint density at radius 3 is 2.36 bits per heavy atom. The van der Waals surface area contributed by atoms with Crippen LogP contribution in [0.2, 0.25) is 5.02 Å². The topological polar surface area (TPSA) is 87.5 Å². The Labute approximate surface area is 194 Å². The number of nitrogens with one attached hydrogen (secondary N) is 1. The molecule has 0 saturated carbocycles. The minimum absolute atomic E-state index is 0.0609. The van der Waals surface area contributed by atoms with Crippen molar-refractivity contribution >= 4 is 29.1 Å². The number of para-hydroxylation sites is 1. The van der Waals surface area contributed by atoms with E-state index in [9.17, 15) is 18.8 Å². The predicted molar refractivity (Wildman–Crippen MR) is 122 cm³/mol. The van der Waals surface area contributed by atoms with Gasteiger partial charge in [-0.05, 0) is 24.3 Å². The molecule has 0 bridgehead atoms. The average molecular weight is 470 g/mol. The summed E-state index contributed by atoms with van der Waals surface area (Å²) in [5.74, 6) is -1.56. The quantitative estimate of drug-likeness (QED) is 0.618. The number of anilines is 1. The maximum atomic E-state index is 13.7. The Hall–Kier alpha value is -3.72. The van der Waals surface area contributed by atoms with E-state index in [-0.39, 0.29) is 23.0 Å². The van der Waals surface area contributed by atoms with E-state index in [2.05, 4.69) is 10.4 Å². The monoisotopic (exact) mass is 469 g/mol. The van der Waals surface area contributed by atoms with Gasteiger partial charge in [0, 0.05) is 26.2 Å². The van der Waals surface area contributed by atoms with Gasteiger partial charge in [-0.3, -0.25) is 14.4 Å². The summed E-state index contributed by atoms with van der Waals surface area (Å²) in [6.45, 7) is 1.42. The number of benzene rings is 2. The van der Waals surface area contributed by atoms with Crippen LogP contribution in [0.1, 0.15) is 10.4 Å². The largest absolute Gasteiger partial charge is 0.365 e. The first-order valence-electron chi connectivity index (χ1n) is 10.3. The molecule has 1 saturated heterocycles. The fourth-order valence-electron chi connectivity index (χ4n) is 3.60. The fourth-order valence-corrected chi connectivity index (χ4v) is 3.85. The molecule has 1 aromatic heterocycles. The molecule has 10 heteroatoms. The van der Waals surface area contributed by atoms with Gasteiger partial charge in [-0.2, -0.15) is 9.78 Å². The summed E-state index contributed by atoms with van der Waals surface area (Å²) in [5, 5.41) is 6.76. The van der Waals surface area contributed by atoms with E-state index in [4.69, 9.17) is 11.6 Å². The van der Waals surface area contributed by atoms with Crippen LogP contribution in [0.5, 0.6) is 0 Å². The van der Waals surface area contributed by atoms with Crippen molar-refractivity contribution in [2.75, 3.05) is 37.6 Å². The molecule has 1 aliphatic heterocycles. The molecular formula is C23H21ClFN5O3. The summed E-state index contributed by atoms with van der Waals surface area (Å²) in [6.07, 6.45) is 1.54. The average Bonchev–Trinajstić information content (AvgIpc) is 2.85. The van der Waals surface area contributed by atoms with Crippen LogP contribution < -0.4 is 15.8 Å². The molecule has 1 aliphatic rings. The summed E-state index contributed by atoms with van der Waals surface area (Å²) >= 11 is 6.36. The van der Waals surface area contributed by atoms with Crippen molar-refractivity contribution in [3.05, 3.63) is 87.6 Å². The van der Waals surface area contributed by atoms with E-state index in [1.807, 2.05) is 11.0 Å². The van der Waals surface area contributed by atoms with Crippen LogP contribution in [0.15, 0.2) is 65.6 Å². The standard InChI is InChI=1S/C23H21ClFN5O3/c24-21-19(14-27-30(23(21)33)16-6-2-1-3-7-16)28-10-12-29(13-11-28)20(31)15-26-22(32)17-8-4-5-9-18(17)25/h1-9,14H,10-13,15H2,(H,26,32). The van der Waals surface area contributed by atoms with E-state index in [0.717, 1.165) is 0 Å². The van der Waals surface area contributed by atoms with Gasteiger partial charge in [-0.15, -0.1) is 0 Å². The van der Waals surface area contributed by atoms with Crippen LogP contribution in [0.25, 0.3) is 5.69 Å². The van der Waals surface area contributed by atoms with Gasteiger partial charge in [0.25, 0.3) is 11.5 Å². The molecule has 0 aliphatic carbocycles. The van der Waals surface area contributed by atoms with Crippen LogP contribution in [0.3, 0.4) is 0 Å². The number of aromatic nitrogens is 2. The number of rotatable bonds is 5. The van der Waals surface area contributed by atoms with E-state index in [0.29, 0.717) is 37.6 Å². The molecule has 2 aromatic carbocycles. The van der Waals surface area contributed by atoms with Gasteiger partial charge in [0.2, 0.25) is 5.91 Å². The van der Waals surface area contributed by atoms with Crippen molar-refractivity contribution in [1.82, 2.24) is 20.0 Å². The SMILES string of the molecule is O=C(NCC(=O)N1CCN(c2cnn(-c3ccccc3)c(=O)c2Cl)CC1)c1ccccc1F. The molecular weight excluding hydrogens is 449 g/mol. The molecule has 0 unspecified atom stereocenters. The summed E-state index contributed by atoms with van der Waals surface area (Å²) in [5.41, 5.74) is 0.592. The van der Waals surface area contributed by atoms with Crippen molar-refractivity contribution < 1.29 is 14.0 Å². The first kappa shape index (κ1) is 22.5. The Morgan fingerprint density at radius 1 is 1.00 bits per heavy atom. The molecule has 1 fully saturated rings. The Kier molecular flexibility index (Phi) is 6.69. The van der Waals surface area contributed by atoms with Gasteiger partial charge in [0.05, 0.1) is 29.7 Å². The van der Waals surface area contributed by atoms with Gasteiger partial charge in [-0.25, -0.2) is 4.39 Å². The number of carbonyl (C=O) groups is 2. The van der Waals surface area contributed by atoms with Gasteiger partial charge >= 0.3 is 0 Å². The molecule has 0 spiro atoms. The van der Waals surface area contributed by atoms with Crippen LogP contribution in [-0.4, -0.2) is 59.2 Å². The van der Waals surface area contributed by atoms with Gasteiger partial charge in [0.15, 0.2) is 0 Å². The second-order valence-electron chi connectivity index (χ2n) is 7.43. The molecule has 33 heavy (non-hydrogen) atoms. The lowest BCUT2D eigenvalue weighted by Crippen LogP contribution is -2.51. The smallest absolute Gasteiger partial charge is 0.292 e. The summed E-state index contributed by atoms with van der Waals surface area (Å²) < 4.78 is 14.9. The second-order valence-corrected chi connectivity index (χ2v) is 7.80. The predicted octanol–water partition coefficient (Wildman–Crippen LogP) is 2.10. The first-order chi connectivity index (χ1) is 16.0. The molecule has 3 aromatic rings. The lowest BCUT2D eigenvalue weighted by Gasteiger charge is -2.36. The highest BCUT2D eigenvalue weighted by molar-refractivity contribution is 6.33. The van der Waals surface area contributed by atoms with Crippen LogP contribution in [0.4, 0.5) is 10.1 Å². The lowest BCUT2D eigenvalue weighted by atomic mass is 10.2. The van der Waals surface area contributed by atoms with Crippen LogP contribution in [0, 0.1) is 5.82 Å². The maximum Gasteiger partial charge on any atom is 0.292 e. The zero-order valence-electron chi connectivity index (χ0n) is 17.6. The molecule has 2 amide bonds. The van der Waals surface area contributed by atoms with E-state index in [1.54, 1.807) is 41.4 Å². The van der Waals surface area contributed by atoms with E-state index >= 15 is 0 Å². The molecule has 0 atom stereocenters.